The minimum atomic E-state index is -0.978. The summed E-state index contributed by atoms with van der Waals surface area (Å²) in [6.45, 7) is 0. The van der Waals surface area contributed by atoms with Gasteiger partial charge in [0.2, 0.25) is 17.8 Å². The van der Waals surface area contributed by atoms with Gasteiger partial charge in [0, 0.05) is 11.4 Å². The molecule has 0 fully saturated rings. The van der Waals surface area contributed by atoms with Crippen LogP contribution in [0.1, 0.15) is 15.9 Å². The number of carboxylic acids is 1. The van der Waals surface area contributed by atoms with Crippen molar-refractivity contribution in [2.75, 3.05) is 16.1 Å². The van der Waals surface area contributed by atoms with Crippen molar-refractivity contribution in [3.63, 3.8) is 0 Å². The maximum absolute atomic E-state index is 11.0. The van der Waals surface area contributed by atoms with Gasteiger partial charge >= 0.3 is 5.97 Å². The smallest absolute Gasteiger partial charge is 0.335 e. The number of anilines is 5. The number of nitrogens with zero attached hydrogens (tertiary/aromatic N) is 4. The van der Waals surface area contributed by atoms with Gasteiger partial charge in [-0.25, -0.2) is 10.2 Å². The molecular formula is C23H19N7O2. The lowest BCUT2D eigenvalue weighted by Gasteiger charge is -2.10. The third-order valence-electron chi connectivity index (χ3n) is 4.23. The molecule has 0 radical (unpaired) electrons. The van der Waals surface area contributed by atoms with Crippen LogP contribution in [0, 0.1) is 0 Å². The van der Waals surface area contributed by atoms with E-state index in [0.717, 1.165) is 16.9 Å². The number of rotatable bonds is 8. The van der Waals surface area contributed by atoms with Crippen molar-refractivity contribution in [3.05, 3.63) is 96.1 Å². The first-order valence-corrected chi connectivity index (χ1v) is 9.68. The zero-order valence-corrected chi connectivity index (χ0v) is 16.8. The Morgan fingerprint density at radius 1 is 0.719 bits per heavy atom. The Morgan fingerprint density at radius 2 is 1.22 bits per heavy atom. The van der Waals surface area contributed by atoms with E-state index in [2.05, 4.69) is 36.1 Å². The van der Waals surface area contributed by atoms with Gasteiger partial charge in [-0.3, -0.25) is 0 Å². The summed E-state index contributed by atoms with van der Waals surface area (Å²) in [5.74, 6) is -0.0646. The second kappa shape index (κ2) is 9.81. The van der Waals surface area contributed by atoms with Crippen LogP contribution < -0.4 is 16.1 Å². The number of aromatic carboxylic acids is 1. The first-order valence-electron chi connectivity index (χ1n) is 9.68. The zero-order chi connectivity index (χ0) is 22.2. The second-order valence-electron chi connectivity index (χ2n) is 6.59. The molecule has 0 unspecified atom stereocenters. The largest absolute Gasteiger partial charge is 0.478 e. The Kier molecular flexibility index (Phi) is 6.28. The summed E-state index contributed by atoms with van der Waals surface area (Å²) in [5, 5.41) is 19.4. The molecule has 9 heteroatoms. The van der Waals surface area contributed by atoms with Gasteiger partial charge in [-0.1, -0.05) is 48.5 Å². The fourth-order valence-corrected chi connectivity index (χ4v) is 2.72. The summed E-state index contributed by atoms with van der Waals surface area (Å²) in [6, 6.07) is 25.4. The highest BCUT2D eigenvalue weighted by molar-refractivity contribution is 5.89. The topological polar surface area (TPSA) is 124 Å². The fraction of sp³-hybridized carbons (Fsp3) is 0. The standard InChI is InChI=1S/C23H19N7O2/c31-20(32)17-13-11-16(12-14-17)15-24-30-23-28-21(25-18-7-3-1-4-8-18)27-22(29-23)26-19-9-5-2-6-10-19/h1-15H,(H,31,32)(H3,25,26,27,28,29,30). The molecule has 1 heterocycles. The predicted molar refractivity (Wildman–Crippen MR) is 124 cm³/mol. The Bertz CT molecular complexity index is 1150. The zero-order valence-electron chi connectivity index (χ0n) is 16.8. The molecular weight excluding hydrogens is 406 g/mol. The summed E-state index contributed by atoms with van der Waals surface area (Å²) < 4.78 is 0. The number of para-hydroxylation sites is 2. The number of hydrogen-bond acceptors (Lipinski definition) is 8. The summed E-state index contributed by atoms with van der Waals surface area (Å²) in [7, 11) is 0. The molecule has 1 aromatic heterocycles. The van der Waals surface area contributed by atoms with Crippen LogP contribution in [0.5, 0.6) is 0 Å². The van der Waals surface area contributed by atoms with Crippen LogP contribution in [0.3, 0.4) is 0 Å². The number of carboxylic acid groups (broad SMARTS) is 1. The van der Waals surface area contributed by atoms with Crippen LogP contribution in [0.4, 0.5) is 29.2 Å². The van der Waals surface area contributed by atoms with Gasteiger partial charge in [0.1, 0.15) is 0 Å². The molecule has 0 amide bonds. The Labute approximate surface area is 183 Å². The van der Waals surface area contributed by atoms with E-state index in [1.807, 2.05) is 60.7 Å². The maximum atomic E-state index is 11.0. The number of benzene rings is 3. The van der Waals surface area contributed by atoms with E-state index in [9.17, 15) is 4.79 Å². The van der Waals surface area contributed by atoms with Crippen molar-refractivity contribution >= 4 is 41.4 Å². The van der Waals surface area contributed by atoms with Gasteiger partial charge in [0.05, 0.1) is 11.8 Å². The van der Waals surface area contributed by atoms with Crippen molar-refractivity contribution in [2.24, 2.45) is 5.10 Å². The van der Waals surface area contributed by atoms with E-state index in [0.29, 0.717) is 11.9 Å². The fourth-order valence-electron chi connectivity index (χ4n) is 2.72. The second-order valence-corrected chi connectivity index (χ2v) is 6.59. The number of hydrogen-bond donors (Lipinski definition) is 4. The molecule has 158 valence electrons. The van der Waals surface area contributed by atoms with Crippen molar-refractivity contribution in [1.82, 2.24) is 15.0 Å². The van der Waals surface area contributed by atoms with Gasteiger partial charge in [0.25, 0.3) is 0 Å². The van der Waals surface area contributed by atoms with Crippen LogP contribution in [0.15, 0.2) is 90.0 Å². The molecule has 0 spiro atoms. The van der Waals surface area contributed by atoms with E-state index in [1.54, 1.807) is 18.3 Å². The van der Waals surface area contributed by atoms with Crippen molar-refractivity contribution in [2.45, 2.75) is 0 Å². The highest BCUT2D eigenvalue weighted by Crippen LogP contribution is 2.18. The van der Waals surface area contributed by atoms with Crippen LogP contribution in [-0.2, 0) is 0 Å². The molecule has 0 aliphatic rings. The average Bonchev–Trinajstić information content (AvgIpc) is 2.81. The maximum Gasteiger partial charge on any atom is 0.335 e. The molecule has 4 rings (SSSR count). The first kappa shape index (κ1) is 20.5. The Morgan fingerprint density at radius 3 is 1.72 bits per heavy atom. The van der Waals surface area contributed by atoms with Crippen molar-refractivity contribution < 1.29 is 9.90 Å². The van der Waals surface area contributed by atoms with E-state index in [4.69, 9.17) is 5.11 Å². The molecule has 4 aromatic rings. The molecule has 0 aliphatic carbocycles. The van der Waals surface area contributed by atoms with Gasteiger partial charge < -0.3 is 15.7 Å². The quantitative estimate of drug-likeness (QED) is 0.240. The number of carbonyl (C=O) groups is 1. The summed E-state index contributed by atoms with van der Waals surface area (Å²) in [4.78, 5) is 24.1. The third-order valence-corrected chi connectivity index (χ3v) is 4.23. The summed E-state index contributed by atoms with van der Waals surface area (Å²) in [6.07, 6.45) is 1.55. The minimum Gasteiger partial charge on any atom is -0.478 e. The van der Waals surface area contributed by atoms with Gasteiger partial charge in [-0.15, -0.1) is 0 Å². The van der Waals surface area contributed by atoms with E-state index < -0.39 is 5.97 Å². The number of hydrazone groups is 1. The monoisotopic (exact) mass is 425 g/mol. The molecule has 3 aromatic carbocycles. The minimum absolute atomic E-state index is 0.209. The van der Waals surface area contributed by atoms with Crippen LogP contribution >= 0.6 is 0 Å². The highest BCUT2D eigenvalue weighted by Gasteiger charge is 2.07. The van der Waals surface area contributed by atoms with Crippen molar-refractivity contribution in [1.29, 1.82) is 0 Å². The molecule has 9 nitrogen and oxygen atoms in total. The number of nitrogens with one attached hydrogen (secondary N) is 3. The molecule has 4 N–H and O–H groups in total. The molecule has 0 atom stereocenters. The lowest BCUT2D eigenvalue weighted by molar-refractivity contribution is 0.0697. The normalized spacial score (nSPS) is 10.6. The molecule has 0 saturated heterocycles. The van der Waals surface area contributed by atoms with Gasteiger partial charge in [-0.2, -0.15) is 20.1 Å². The van der Waals surface area contributed by atoms with Crippen molar-refractivity contribution in [3.8, 4) is 0 Å². The highest BCUT2D eigenvalue weighted by atomic mass is 16.4. The Balaban J connectivity index is 1.54. The lowest BCUT2D eigenvalue weighted by Crippen LogP contribution is -2.07. The summed E-state index contributed by atoms with van der Waals surface area (Å²) >= 11 is 0. The van der Waals surface area contributed by atoms with Crippen LogP contribution in [0.2, 0.25) is 0 Å². The van der Waals surface area contributed by atoms with E-state index >= 15 is 0 Å². The predicted octanol–water partition coefficient (Wildman–Crippen LogP) is 4.50. The SMILES string of the molecule is O=C(O)c1ccc(C=NNc2nc(Nc3ccccc3)nc(Nc3ccccc3)n2)cc1. The first-order chi connectivity index (χ1) is 15.7. The average molecular weight is 425 g/mol. The lowest BCUT2D eigenvalue weighted by atomic mass is 10.1. The molecule has 0 saturated carbocycles. The molecule has 0 aliphatic heterocycles. The number of aromatic nitrogens is 3. The molecule has 32 heavy (non-hydrogen) atoms. The van der Waals surface area contributed by atoms with Gasteiger partial charge in [-0.05, 0) is 42.0 Å². The molecule has 0 bridgehead atoms. The van der Waals surface area contributed by atoms with E-state index in [1.165, 1.54) is 12.1 Å². The van der Waals surface area contributed by atoms with Crippen LogP contribution in [0.25, 0.3) is 0 Å². The van der Waals surface area contributed by atoms with E-state index in [-0.39, 0.29) is 11.5 Å². The summed E-state index contributed by atoms with van der Waals surface area (Å²) in [5.41, 5.74) is 5.39. The third kappa shape index (κ3) is 5.63. The van der Waals surface area contributed by atoms with Crippen LogP contribution in [-0.4, -0.2) is 32.2 Å². The Hall–Kier alpha value is -4.79. The van der Waals surface area contributed by atoms with Gasteiger partial charge in [0.15, 0.2) is 0 Å².